The van der Waals surface area contributed by atoms with E-state index in [1.165, 1.54) is 11.1 Å². The lowest BCUT2D eigenvalue weighted by Gasteiger charge is -2.25. The lowest BCUT2D eigenvalue weighted by Crippen LogP contribution is -2.31. The zero-order chi connectivity index (χ0) is 22.5. The molecule has 0 saturated heterocycles. The lowest BCUT2D eigenvalue weighted by atomic mass is 10.1. The molecule has 0 spiro atoms. The van der Waals surface area contributed by atoms with Gasteiger partial charge in [-0.15, -0.1) is 0 Å². The number of ether oxygens (including phenoxy) is 1. The van der Waals surface area contributed by atoms with Gasteiger partial charge in [0, 0.05) is 31.9 Å². The maximum atomic E-state index is 5.79. The monoisotopic (exact) mass is 420 g/mol. The van der Waals surface area contributed by atoms with Crippen molar-refractivity contribution >= 4 is 5.82 Å². The highest BCUT2D eigenvalue weighted by Gasteiger charge is 2.09. The first kappa shape index (κ1) is 24.4. The Balaban J connectivity index is 0.000000285. The average molecular weight is 421 g/mol. The van der Waals surface area contributed by atoms with Crippen molar-refractivity contribution in [2.24, 2.45) is 5.73 Å². The molecule has 31 heavy (non-hydrogen) atoms. The topological polar surface area (TPSA) is 54.6 Å². The minimum absolute atomic E-state index is 0.209. The van der Waals surface area contributed by atoms with Crippen LogP contribution in [-0.4, -0.2) is 44.2 Å². The fourth-order valence-electron chi connectivity index (χ4n) is 3.02. The summed E-state index contributed by atoms with van der Waals surface area (Å²) in [5, 5.41) is 0. The first-order valence-corrected chi connectivity index (χ1v) is 10.8. The summed E-state index contributed by atoms with van der Waals surface area (Å²) >= 11 is 0. The highest BCUT2D eigenvalue weighted by molar-refractivity contribution is 5.40. The van der Waals surface area contributed by atoms with Crippen molar-refractivity contribution < 1.29 is 4.74 Å². The molecule has 3 aromatic rings. The van der Waals surface area contributed by atoms with Crippen molar-refractivity contribution in [2.75, 3.05) is 39.2 Å². The van der Waals surface area contributed by atoms with Crippen molar-refractivity contribution in [3.05, 3.63) is 90.1 Å². The van der Waals surface area contributed by atoms with Gasteiger partial charge in [0.05, 0.1) is 7.11 Å². The summed E-state index contributed by atoms with van der Waals surface area (Å²) < 4.78 is 5.21. The van der Waals surface area contributed by atoms with Crippen LogP contribution >= 0.6 is 0 Å². The van der Waals surface area contributed by atoms with Gasteiger partial charge in [0.1, 0.15) is 11.6 Å². The number of nitrogens with two attached hydrogens (primary N) is 1. The van der Waals surface area contributed by atoms with Crippen LogP contribution in [0.5, 0.6) is 5.75 Å². The number of hydrogen-bond donors (Lipinski definition) is 1. The minimum Gasteiger partial charge on any atom is -0.497 e. The van der Waals surface area contributed by atoms with E-state index >= 15 is 0 Å². The Morgan fingerprint density at radius 1 is 0.903 bits per heavy atom. The molecule has 0 radical (unpaired) electrons. The number of benzene rings is 2. The summed E-state index contributed by atoms with van der Waals surface area (Å²) in [6.07, 6.45) is 2.84. The second-order valence-electron chi connectivity index (χ2n) is 7.69. The van der Waals surface area contributed by atoms with Gasteiger partial charge < -0.3 is 20.3 Å². The van der Waals surface area contributed by atoms with Crippen LogP contribution in [0.25, 0.3) is 0 Å². The lowest BCUT2D eigenvalue weighted by molar-refractivity contribution is 0.411. The molecule has 1 unspecified atom stereocenters. The van der Waals surface area contributed by atoms with Gasteiger partial charge in [0.2, 0.25) is 0 Å². The molecule has 5 heteroatoms. The fourth-order valence-corrected chi connectivity index (χ4v) is 3.02. The number of pyridine rings is 1. The number of hydrogen-bond acceptors (Lipinski definition) is 5. The van der Waals surface area contributed by atoms with E-state index in [2.05, 4.69) is 66.1 Å². The van der Waals surface area contributed by atoms with E-state index in [0.717, 1.165) is 37.6 Å². The molecule has 1 atom stereocenters. The molecule has 1 heterocycles. The SMILES string of the molecule is CCC(N)c1ccccc1.COc1ccc(CN(CCN(C)C)c2ccccn2)cc1. The van der Waals surface area contributed by atoms with Crippen molar-refractivity contribution in [3.8, 4) is 5.75 Å². The molecular weight excluding hydrogens is 384 g/mol. The van der Waals surface area contributed by atoms with Crippen molar-refractivity contribution in [2.45, 2.75) is 25.9 Å². The van der Waals surface area contributed by atoms with E-state index in [4.69, 9.17) is 10.5 Å². The van der Waals surface area contributed by atoms with Crippen LogP contribution in [0, 0.1) is 0 Å². The molecule has 0 aliphatic heterocycles. The van der Waals surface area contributed by atoms with Gasteiger partial charge in [-0.2, -0.15) is 0 Å². The second-order valence-corrected chi connectivity index (χ2v) is 7.69. The van der Waals surface area contributed by atoms with Gasteiger partial charge in [-0.1, -0.05) is 55.5 Å². The van der Waals surface area contributed by atoms with E-state index in [1.54, 1.807) is 7.11 Å². The zero-order valence-corrected chi connectivity index (χ0v) is 19.2. The van der Waals surface area contributed by atoms with Crippen LogP contribution in [-0.2, 0) is 6.54 Å². The molecule has 0 aliphatic carbocycles. The third-order valence-electron chi connectivity index (χ3n) is 4.99. The Morgan fingerprint density at radius 2 is 1.58 bits per heavy atom. The number of rotatable bonds is 9. The summed E-state index contributed by atoms with van der Waals surface area (Å²) in [5.41, 5.74) is 8.27. The van der Waals surface area contributed by atoms with Crippen LogP contribution in [0.3, 0.4) is 0 Å². The molecule has 5 nitrogen and oxygen atoms in total. The second kappa shape index (κ2) is 13.4. The van der Waals surface area contributed by atoms with Gasteiger partial charge in [-0.25, -0.2) is 4.98 Å². The van der Waals surface area contributed by atoms with Crippen molar-refractivity contribution in [1.29, 1.82) is 0 Å². The first-order chi connectivity index (χ1) is 15.0. The van der Waals surface area contributed by atoms with E-state index in [-0.39, 0.29) is 6.04 Å². The molecule has 0 saturated carbocycles. The van der Waals surface area contributed by atoms with Crippen LogP contribution in [0.4, 0.5) is 5.82 Å². The van der Waals surface area contributed by atoms with Gasteiger partial charge in [0.15, 0.2) is 0 Å². The molecule has 0 fully saturated rings. The zero-order valence-electron chi connectivity index (χ0n) is 19.2. The predicted molar refractivity (Wildman–Crippen MR) is 130 cm³/mol. The van der Waals surface area contributed by atoms with Crippen molar-refractivity contribution in [1.82, 2.24) is 9.88 Å². The predicted octanol–water partition coefficient (Wildman–Crippen LogP) is 4.75. The average Bonchev–Trinajstić information content (AvgIpc) is 2.83. The number of methoxy groups -OCH3 is 1. The minimum atomic E-state index is 0.209. The van der Waals surface area contributed by atoms with Crippen LogP contribution < -0.4 is 15.4 Å². The summed E-state index contributed by atoms with van der Waals surface area (Å²) in [5.74, 6) is 1.89. The standard InChI is InChI=1S/C17H23N3O.C9H13N/c1-19(2)12-13-20(17-6-4-5-11-18-17)14-15-7-9-16(21-3)10-8-15;1-2-9(10)8-6-4-3-5-7-8/h4-11H,12-14H2,1-3H3;3-7,9H,2,10H2,1H3. The summed E-state index contributed by atoms with van der Waals surface area (Å²) in [4.78, 5) is 8.95. The largest absolute Gasteiger partial charge is 0.497 e. The maximum Gasteiger partial charge on any atom is 0.128 e. The highest BCUT2D eigenvalue weighted by atomic mass is 16.5. The normalized spacial score (nSPS) is 11.4. The molecule has 166 valence electrons. The van der Waals surface area contributed by atoms with E-state index in [0.29, 0.717) is 0 Å². The molecule has 1 aromatic heterocycles. The first-order valence-electron chi connectivity index (χ1n) is 10.8. The Bertz CT molecular complexity index is 838. The molecule has 0 aliphatic rings. The van der Waals surface area contributed by atoms with Gasteiger partial charge in [0.25, 0.3) is 0 Å². The molecular formula is C26H36N4O. The molecule has 3 rings (SSSR count). The third kappa shape index (κ3) is 8.79. The third-order valence-corrected chi connectivity index (χ3v) is 4.99. The van der Waals surface area contributed by atoms with Crippen molar-refractivity contribution in [3.63, 3.8) is 0 Å². The van der Waals surface area contributed by atoms with E-state index < -0.39 is 0 Å². The Hall–Kier alpha value is -2.89. The van der Waals surface area contributed by atoms with Gasteiger partial charge in [-0.3, -0.25) is 0 Å². The number of anilines is 1. The van der Waals surface area contributed by atoms with E-state index in [9.17, 15) is 0 Å². The van der Waals surface area contributed by atoms with E-state index in [1.807, 2.05) is 48.7 Å². The van der Waals surface area contributed by atoms with Crippen LogP contribution in [0.2, 0.25) is 0 Å². The quantitative estimate of drug-likeness (QED) is 0.541. The van der Waals surface area contributed by atoms with Crippen LogP contribution in [0.1, 0.15) is 30.5 Å². The molecule has 2 aromatic carbocycles. The smallest absolute Gasteiger partial charge is 0.128 e. The fraction of sp³-hybridized carbons (Fsp3) is 0.346. The number of likely N-dealkylation sites (N-methyl/N-ethyl adjacent to an activating group) is 1. The van der Waals surface area contributed by atoms with Gasteiger partial charge in [-0.05, 0) is 55.9 Å². The molecule has 2 N–H and O–H groups in total. The summed E-state index contributed by atoms with van der Waals surface area (Å²) in [6.45, 7) is 4.87. The molecule has 0 bridgehead atoms. The van der Waals surface area contributed by atoms with Crippen LogP contribution in [0.15, 0.2) is 79.0 Å². The highest BCUT2D eigenvalue weighted by Crippen LogP contribution is 2.17. The molecule has 0 amide bonds. The maximum absolute atomic E-state index is 5.79. The Labute approximate surface area is 187 Å². The summed E-state index contributed by atoms with van der Waals surface area (Å²) in [6, 6.07) is 24.6. The number of aromatic nitrogens is 1. The Morgan fingerprint density at radius 3 is 2.13 bits per heavy atom. The Kier molecular flexibility index (Phi) is 10.6. The van der Waals surface area contributed by atoms with Gasteiger partial charge >= 0.3 is 0 Å². The summed E-state index contributed by atoms with van der Waals surface area (Å²) in [7, 11) is 5.86. The number of nitrogens with zero attached hydrogens (tertiary/aromatic N) is 3.